The number of rotatable bonds is 8. The van der Waals surface area contributed by atoms with Gasteiger partial charge in [0, 0.05) is 23.1 Å². The van der Waals surface area contributed by atoms with E-state index in [4.69, 9.17) is 4.74 Å². The Balaban J connectivity index is 3.69. The van der Waals surface area contributed by atoms with Crippen LogP contribution in [0, 0.1) is 0 Å². The van der Waals surface area contributed by atoms with E-state index in [2.05, 4.69) is 41.0 Å². The van der Waals surface area contributed by atoms with Gasteiger partial charge in [-0.05, 0) is 19.9 Å². The molecule has 0 spiro atoms. The van der Waals surface area contributed by atoms with E-state index in [9.17, 15) is 4.79 Å². The summed E-state index contributed by atoms with van der Waals surface area (Å²) >= 11 is 2.35. The molecule has 0 aromatic carbocycles. The fourth-order valence-electron chi connectivity index (χ4n) is 1.16. The van der Waals surface area contributed by atoms with Crippen LogP contribution in [0.5, 0.6) is 0 Å². The van der Waals surface area contributed by atoms with E-state index in [1.54, 1.807) is 6.92 Å². The number of esters is 1. The molecule has 0 saturated carbocycles. The van der Waals surface area contributed by atoms with Gasteiger partial charge in [0.2, 0.25) is 0 Å². The second-order valence-corrected chi connectivity index (χ2v) is 4.53. The standard InChI is InChI=1S/C11H20INO2/c1-4-6-13(7-5-12)8-9-15-11(14)10(2)3/h2,4-9H2,1,3H3. The summed E-state index contributed by atoms with van der Waals surface area (Å²) < 4.78 is 6.15. The van der Waals surface area contributed by atoms with Crippen molar-refractivity contribution in [1.29, 1.82) is 0 Å². The molecule has 15 heavy (non-hydrogen) atoms. The Morgan fingerprint density at radius 2 is 2.07 bits per heavy atom. The van der Waals surface area contributed by atoms with Crippen LogP contribution in [0.2, 0.25) is 0 Å². The smallest absolute Gasteiger partial charge is 0.333 e. The third-order valence-electron chi connectivity index (χ3n) is 1.93. The van der Waals surface area contributed by atoms with Crippen molar-refractivity contribution >= 4 is 28.6 Å². The van der Waals surface area contributed by atoms with E-state index in [1.807, 2.05) is 0 Å². The zero-order valence-electron chi connectivity index (χ0n) is 9.59. The van der Waals surface area contributed by atoms with Gasteiger partial charge in [0.1, 0.15) is 6.61 Å². The van der Waals surface area contributed by atoms with Crippen LogP contribution in [-0.2, 0) is 9.53 Å². The SMILES string of the molecule is C=C(C)C(=O)OCCN(CCC)CCI. The third-order valence-corrected chi connectivity index (χ3v) is 2.41. The molecule has 4 heteroatoms. The summed E-state index contributed by atoms with van der Waals surface area (Å²) in [6, 6.07) is 0. The van der Waals surface area contributed by atoms with Crippen molar-refractivity contribution in [2.24, 2.45) is 0 Å². The van der Waals surface area contributed by atoms with Crippen LogP contribution in [0.25, 0.3) is 0 Å². The van der Waals surface area contributed by atoms with Crippen molar-refractivity contribution in [1.82, 2.24) is 4.90 Å². The quantitative estimate of drug-likeness (QED) is 0.297. The Hall–Kier alpha value is -0.100. The molecular weight excluding hydrogens is 305 g/mol. The molecule has 0 unspecified atom stereocenters. The maximum Gasteiger partial charge on any atom is 0.333 e. The van der Waals surface area contributed by atoms with E-state index in [-0.39, 0.29) is 5.97 Å². The van der Waals surface area contributed by atoms with Crippen molar-refractivity contribution in [3.63, 3.8) is 0 Å². The van der Waals surface area contributed by atoms with Gasteiger partial charge < -0.3 is 4.74 Å². The average Bonchev–Trinajstić information content (AvgIpc) is 2.18. The van der Waals surface area contributed by atoms with Gasteiger partial charge in [-0.1, -0.05) is 36.1 Å². The second-order valence-electron chi connectivity index (χ2n) is 3.45. The van der Waals surface area contributed by atoms with E-state index in [0.29, 0.717) is 12.2 Å². The van der Waals surface area contributed by atoms with E-state index >= 15 is 0 Å². The van der Waals surface area contributed by atoms with Gasteiger partial charge in [-0.25, -0.2) is 4.79 Å². The van der Waals surface area contributed by atoms with Crippen LogP contribution in [0.4, 0.5) is 0 Å². The summed E-state index contributed by atoms with van der Waals surface area (Å²) in [6.45, 7) is 10.7. The molecule has 0 aliphatic heterocycles. The molecule has 0 atom stereocenters. The van der Waals surface area contributed by atoms with Crippen molar-refractivity contribution < 1.29 is 9.53 Å². The number of nitrogens with zero attached hydrogens (tertiary/aromatic N) is 1. The zero-order valence-corrected chi connectivity index (χ0v) is 11.7. The van der Waals surface area contributed by atoms with Crippen LogP contribution in [-0.4, -0.2) is 41.5 Å². The number of carbonyl (C=O) groups excluding carboxylic acids is 1. The van der Waals surface area contributed by atoms with Crippen LogP contribution in [0.1, 0.15) is 20.3 Å². The van der Waals surface area contributed by atoms with Crippen molar-refractivity contribution in [2.45, 2.75) is 20.3 Å². The molecule has 0 heterocycles. The summed E-state index contributed by atoms with van der Waals surface area (Å²) in [5.41, 5.74) is 0.464. The Morgan fingerprint density at radius 1 is 1.40 bits per heavy atom. The summed E-state index contributed by atoms with van der Waals surface area (Å²) in [4.78, 5) is 13.4. The van der Waals surface area contributed by atoms with Gasteiger partial charge in [-0.15, -0.1) is 0 Å². The van der Waals surface area contributed by atoms with E-state index < -0.39 is 0 Å². The Kier molecular flexibility index (Phi) is 9.09. The Morgan fingerprint density at radius 3 is 2.53 bits per heavy atom. The van der Waals surface area contributed by atoms with Gasteiger partial charge >= 0.3 is 5.97 Å². The van der Waals surface area contributed by atoms with Crippen molar-refractivity contribution in [3.05, 3.63) is 12.2 Å². The highest BCUT2D eigenvalue weighted by molar-refractivity contribution is 14.1. The number of alkyl halides is 1. The van der Waals surface area contributed by atoms with Crippen molar-refractivity contribution in [2.75, 3.05) is 30.7 Å². The minimum absolute atomic E-state index is 0.291. The minimum atomic E-state index is -0.291. The first-order valence-electron chi connectivity index (χ1n) is 5.22. The molecule has 0 radical (unpaired) electrons. The summed E-state index contributed by atoms with van der Waals surface area (Å²) in [7, 11) is 0. The third kappa shape index (κ3) is 7.79. The fourth-order valence-corrected chi connectivity index (χ4v) is 1.84. The number of carbonyl (C=O) groups is 1. The first-order chi connectivity index (χ1) is 7.11. The highest BCUT2D eigenvalue weighted by atomic mass is 127. The molecule has 0 amide bonds. The Labute approximate surface area is 106 Å². The predicted octanol–water partition coefficient (Wildman–Crippen LogP) is 2.25. The maximum atomic E-state index is 11.1. The maximum absolute atomic E-state index is 11.1. The van der Waals surface area contributed by atoms with E-state index in [0.717, 1.165) is 30.5 Å². The normalized spacial score (nSPS) is 10.4. The molecule has 0 aromatic rings. The van der Waals surface area contributed by atoms with E-state index in [1.165, 1.54) is 0 Å². The van der Waals surface area contributed by atoms with Gasteiger partial charge in [0.05, 0.1) is 0 Å². The molecule has 88 valence electrons. The highest BCUT2D eigenvalue weighted by Crippen LogP contribution is 1.96. The molecule has 0 aliphatic carbocycles. The Bertz CT molecular complexity index is 201. The van der Waals surface area contributed by atoms with Crippen molar-refractivity contribution in [3.8, 4) is 0 Å². The lowest BCUT2D eigenvalue weighted by Crippen LogP contribution is -2.30. The minimum Gasteiger partial charge on any atom is -0.461 e. The molecule has 0 bridgehead atoms. The zero-order chi connectivity index (χ0) is 11.7. The first kappa shape index (κ1) is 14.9. The lowest BCUT2D eigenvalue weighted by molar-refractivity contribution is -0.139. The lowest BCUT2D eigenvalue weighted by Gasteiger charge is -2.20. The topological polar surface area (TPSA) is 29.5 Å². The molecule has 0 aromatic heterocycles. The molecule has 0 aliphatic rings. The number of hydrogen-bond donors (Lipinski definition) is 0. The summed E-state index contributed by atoms with van der Waals surface area (Å²) in [5.74, 6) is -0.291. The summed E-state index contributed by atoms with van der Waals surface area (Å²) in [5, 5.41) is 0. The second kappa shape index (κ2) is 9.15. The molecule has 0 N–H and O–H groups in total. The molecule has 0 saturated heterocycles. The lowest BCUT2D eigenvalue weighted by atomic mass is 10.3. The number of ether oxygens (including phenoxy) is 1. The van der Waals surface area contributed by atoms with Crippen LogP contribution in [0.3, 0.4) is 0 Å². The van der Waals surface area contributed by atoms with Crippen LogP contribution < -0.4 is 0 Å². The molecule has 3 nitrogen and oxygen atoms in total. The fraction of sp³-hybridized carbons (Fsp3) is 0.727. The summed E-state index contributed by atoms with van der Waals surface area (Å²) in [6.07, 6.45) is 1.13. The largest absolute Gasteiger partial charge is 0.461 e. The van der Waals surface area contributed by atoms with Gasteiger partial charge in [0.15, 0.2) is 0 Å². The molecule has 0 fully saturated rings. The molecular formula is C11H20INO2. The van der Waals surface area contributed by atoms with Gasteiger partial charge in [-0.2, -0.15) is 0 Å². The average molecular weight is 325 g/mol. The van der Waals surface area contributed by atoms with Gasteiger partial charge in [-0.3, -0.25) is 4.90 Å². The predicted molar refractivity (Wildman–Crippen MR) is 71.4 cm³/mol. The van der Waals surface area contributed by atoms with Gasteiger partial charge in [0.25, 0.3) is 0 Å². The van der Waals surface area contributed by atoms with Crippen LogP contribution in [0.15, 0.2) is 12.2 Å². The highest BCUT2D eigenvalue weighted by Gasteiger charge is 2.06. The first-order valence-corrected chi connectivity index (χ1v) is 6.75. The molecule has 0 rings (SSSR count). The number of hydrogen-bond acceptors (Lipinski definition) is 3. The number of halogens is 1. The van der Waals surface area contributed by atoms with Crippen LogP contribution >= 0.6 is 22.6 Å². The monoisotopic (exact) mass is 325 g/mol.